The Hall–Kier alpha value is -3.06. The van der Waals surface area contributed by atoms with Crippen LogP contribution in [0.1, 0.15) is 19.4 Å². The number of esters is 1. The Balaban J connectivity index is 1.61. The first-order chi connectivity index (χ1) is 13.5. The van der Waals surface area contributed by atoms with Gasteiger partial charge in [0.1, 0.15) is 5.75 Å². The van der Waals surface area contributed by atoms with Gasteiger partial charge in [-0.2, -0.15) is 0 Å². The van der Waals surface area contributed by atoms with E-state index in [-0.39, 0.29) is 18.6 Å². The maximum absolute atomic E-state index is 12.2. The number of hydrogen-bond donors (Lipinski definition) is 1. The van der Waals surface area contributed by atoms with Crippen molar-refractivity contribution in [1.82, 2.24) is 5.32 Å². The van der Waals surface area contributed by atoms with E-state index in [1.807, 2.05) is 42.5 Å². The quantitative estimate of drug-likeness (QED) is 0.592. The molecule has 1 saturated heterocycles. The molecule has 2 aromatic rings. The molecule has 0 saturated carbocycles. The van der Waals surface area contributed by atoms with Crippen LogP contribution in [0, 0.1) is 0 Å². The summed E-state index contributed by atoms with van der Waals surface area (Å²) in [4.78, 5) is 28.6. The highest BCUT2D eigenvalue weighted by atomic mass is 32.2. The molecular formula is C21H20N2O4S. The highest BCUT2D eigenvalue weighted by Gasteiger charge is 2.23. The van der Waals surface area contributed by atoms with Gasteiger partial charge in [-0.25, -0.2) is 9.79 Å². The molecule has 0 spiro atoms. The molecule has 1 fully saturated rings. The van der Waals surface area contributed by atoms with E-state index >= 15 is 0 Å². The normalized spacial score (nSPS) is 16.5. The number of thioether (sulfide) groups is 1. The fourth-order valence-corrected chi connectivity index (χ4v) is 3.19. The Morgan fingerprint density at radius 1 is 1.14 bits per heavy atom. The number of nitrogens with one attached hydrogen (secondary N) is 1. The molecule has 0 bridgehead atoms. The molecule has 1 aliphatic heterocycles. The number of benzene rings is 2. The van der Waals surface area contributed by atoms with E-state index in [0.29, 0.717) is 15.8 Å². The third-order valence-corrected chi connectivity index (χ3v) is 4.45. The van der Waals surface area contributed by atoms with E-state index in [1.165, 1.54) is 11.8 Å². The van der Waals surface area contributed by atoms with Gasteiger partial charge in [-0.05, 0) is 61.5 Å². The average Bonchev–Trinajstić information content (AvgIpc) is 3.00. The molecule has 6 nitrogen and oxygen atoms in total. The highest BCUT2D eigenvalue weighted by molar-refractivity contribution is 8.18. The van der Waals surface area contributed by atoms with Gasteiger partial charge in [-0.3, -0.25) is 4.79 Å². The number of nitrogens with zero attached hydrogens (tertiary/aromatic N) is 1. The molecule has 1 heterocycles. The van der Waals surface area contributed by atoms with Crippen molar-refractivity contribution >= 4 is 40.6 Å². The van der Waals surface area contributed by atoms with Crippen LogP contribution in [-0.4, -0.2) is 29.8 Å². The molecular weight excluding hydrogens is 376 g/mol. The third kappa shape index (κ3) is 5.72. The van der Waals surface area contributed by atoms with Crippen molar-refractivity contribution < 1.29 is 19.1 Å². The minimum absolute atomic E-state index is 0.143. The van der Waals surface area contributed by atoms with Gasteiger partial charge < -0.3 is 14.8 Å². The van der Waals surface area contributed by atoms with Crippen molar-refractivity contribution in [3.05, 3.63) is 65.1 Å². The van der Waals surface area contributed by atoms with Crippen LogP contribution < -0.4 is 10.1 Å². The fraction of sp³-hybridized carbons (Fsp3) is 0.190. The molecule has 0 aliphatic carbocycles. The predicted molar refractivity (Wildman–Crippen MR) is 110 cm³/mol. The number of rotatable bonds is 6. The van der Waals surface area contributed by atoms with E-state index in [2.05, 4.69) is 10.3 Å². The Morgan fingerprint density at radius 2 is 1.86 bits per heavy atom. The molecule has 1 N–H and O–H groups in total. The lowest BCUT2D eigenvalue weighted by Gasteiger charge is -2.09. The summed E-state index contributed by atoms with van der Waals surface area (Å²) in [5.74, 6) is -0.0420. The van der Waals surface area contributed by atoms with Crippen molar-refractivity contribution in [2.24, 2.45) is 4.99 Å². The van der Waals surface area contributed by atoms with Crippen LogP contribution in [0.4, 0.5) is 5.69 Å². The largest absolute Gasteiger partial charge is 0.482 e. The molecule has 7 heteroatoms. The first-order valence-corrected chi connectivity index (χ1v) is 9.58. The SMILES string of the molecule is CC(C)OC(=O)COc1ccc(/C=C2\SC(=Nc3ccccc3)NC2=O)cc1. The molecule has 2 aromatic carbocycles. The summed E-state index contributed by atoms with van der Waals surface area (Å²) in [5.41, 5.74) is 1.62. The van der Waals surface area contributed by atoms with Gasteiger partial charge in [0.25, 0.3) is 5.91 Å². The van der Waals surface area contributed by atoms with Crippen LogP contribution in [0.5, 0.6) is 5.75 Å². The first kappa shape index (κ1) is 19.7. The second kappa shape index (κ2) is 9.23. The molecule has 1 amide bonds. The van der Waals surface area contributed by atoms with E-state index < -0.39 is 5.97 Å². The zero-order chi connectivity index (χ0) is 19.9. The molecule has 0 radical (unpaired) electrons. The van der Waals surface area contributed by atoms with E-state index in [1.54, 1.807) is 32.1 Å². The lowest BCUT2D eigenvalue weighted by molar-refractivity contribution is -0.149. The topological polar surface area (TPSA) is 77.0 Å². The van der Waals surface area contributed by atoms with E-state index in [9.17, 15) is 9.59 Å². The van der Waals surface area contributed by atoms with E-state index in [4.69, 9.17) is 9.47 Å². The molecule has 0 aromatic heterocycles. The monoisotopic (exact) mass is 396 g/mol. The summed E-state index contributed by atoms with van der Waals surface area (Å²) >= 11 is 1.29. The predicted octanol–water partition coefficient (Wildman–Crippen LogP) is 3.91. The van der Waals surface area contributed by atoms with Crippen molar-refractivity contribution in [1.29, 1.82) is 0 Å². The van der Waals surface area contributed by atoms with Crippen LogP contribution in [0.2, 0.25) is 0 Å². The minimum Gasteiger partial charge on any atom is -0.482 e. The van der Waals surface area contributed by atoms with Gasteiger partial charge >= 0.3 is 5.97 Å². The zero-order valence-corrected chi connectivity index (χ0v) is 16.4. The van der Waals surface area contributed by atoms with Crippen LogP contribution in [-0.2, 0) is 14.3 Å². The summed E-state index contributed by atoms with van der Waals surface area (Å²) < 4.78 is 10.4. The number of carbonyl (C=O) groups excluding carboxylic acids is 2. The maximum atomic E-state index is 12.2. The first-order valence-electron chi connectivity index (χ1n) is 8.76. The van der Waals surface area contributed by atoms with Crippen LogP contribution in [0.15, 0.2) is 64.5 Å². The zero-order valence-electron chi connectivity index (χ0n) is 15.5. The van der Waals surface area contributed by atoms with Gasteiger partial charge in [0, 0.05) is 0 Å². The van der Waals surface area contributed by atoms with Gasteiger partial charge in [0.15, 0.2) is 11.8 Å². The Kier molecular flexibility index (Phi) is 6.49. The maximum Gasteiger partial charge on any atom is 0.344 e. The second-order valence-corrected chi connectivity index (χ2v) is 7.24. The van der Waals surface area contributed by atoms with Crippen molar-refractivity contribution in [2.75, 3.05) is 6.61 Å². The van der Waals surface area contributed by atoms with Crippen molar-refractivity contribution in [3.63, 3.8) is 0 Å². The number of amides is 1. The smallest absolute Gasteiger partial charge is 0.344 e. The van der Waals surface area contributed by atoms with E-state index in [0.717, 1.165) is 11.3 Å². The summed E-state index contributed by atoms with van der Waals surface area (Å²) in [6.45, 7) is 3.43. The summed E-state index contributed by atoms with van der Waals surface area (Å²) in [6, 6.07) is 16.6. The molecule has 0 atom stereocenters. The number of amidine groups is 1. The number of aliphatic imine (C=N–C) groups is 1. The van der Waals surface area contributed by atoms with Crippen LogP contribution >= 0.6 is 11.8 Å². The van der Waals surface area contributed by atoms with Crippen molar-refractivity contribution in [2.45, 2.75) is 20.0 Å². The fourth-order valence-electron chi connectivity index (χ4n) is 2.35. The number of ether oxygens (including phenoxy) is 2. The highest BCUT2D eigenvalue weighted by Crippen LogP contribution is 2.28. The lowest BCUT2D eigenvalue weighted by Crippen LogP contribution is -2.19. The Morgan fingerprint density at radius 3 is 2.54 bits per heavy atom. The van der Waals surface area contributed by atoms with Crippen LogP contribution in [0.25, 0.3) is 6.08 Å². The second-order valence-electron chi connectivity index (χ2n) is 6.21. The molecule has 28 heavy (non-hydrogen) atoms. The van der Waals surface area contributed by atoms with Gasteiger partial charge in [0.2, 0.25) is 0 Å². The average molecular weight is 396 g/mol. The molecule has 3 rings (SSSR count). The van der Waals surface area contributed by atoms with Gasteiger partial charge in [0.05, 0.1) is 16.7 Å². The lowest BCUT2D eigenvalue weighted by atomic mass is 10.2. The Bertz CT molecular complexity index is 906. The van der Waals surface area contributed by atoms with Crippen molar-refractivity contribution in [3.8, 4) is 5.75 Å². The number of carbonyl (C=O) groups is 2. The summed E-state index contributed by atoms with van der Waals surface area (Å²) in [7, 11) is 0. The van der Waals surface area contributed by atoms with Gasteiger partial charge in [-0.15, -0.1) is 0 Å². The van der Waals surface area contributed by atoms with Gasteiger partial charge in [-0.1, -0.05) is 30.3 Å². The summed E-state index contributed by atoms with van der Waals surface area (Å²) in [6.07, 6.45) is 1.61. The number of para-hydroxylation sites is 1. The van der Waals surface area contributed by atoms with Crippen LogP contribution in [0.3, 0.4) is 0 Å². The standard InChI is InChI=1S/C21H20N2O4S/c1-14(2)27-19(24)13-26-17-10-8-15(9-11-17)12-18-20(25)23-21(28-18)22-16-6-4-3-5-7-16/h3-12,14H,13H2,1-2H3,(H,22,23,25)/b18-12-. The number of hydrogen-bond acceptors (Lipinski definition) is 6. The Labute approximate surface area is 167 Å². The minimum atomic E-state index is -0.412. The molecule has 0 unspecified atom stereocenters. The molecule has 144 valence electrons. The molecule has 1 aliphatic rings. The summed E-state index contributed by atoms with van der Waals surface area (Å²) in [5, 5.41) is 3.31. The third-order valence-electron chi connectivity index (χ3n) is 3.54.